The van der Waals surface area contributed by atoms with Crippen LogP contribution in [0.4, 0.5) is 0 Å². The van der Waals surface area contributed by atoms with E-state index in [4.69, 9.17) is 8.83 Å². The molecule has 0 radical (unpaired) electrons. The fourth-order valence-corrected chi connectivity index (χ4v) is 1.75. The fourth-order valence-electron chi connectivity index (χ4n) is 1.75. The molecule has 0 aromatic carbocycles. The summed E-state index contributed by atoms with van der Waals surface area (Å²) in [5, 5.41) is 9.65. The average Bonchev–Trinajstić information content (AvgIpc) is 2.74. The Hall–Kier alpha value is -1.97. The molecular weight excluding hydrogens is 220 g/mol. The molecule has 0 amide bonds. The van der Waals surface area contributed by atoms with Crippen molar-refractivity contribution < 1.29 is 13.9 Å². The number of rotatable bonds is 4. The highest BCUT2D eigenvalue weighted by molar-refractivity contribution is 5.29. The van der Waals surface area contributed by atoms with Crippen LogP contribution in [0.3, 0.4) is 0 Å². The van der Waals surface area contributed by atoms with Crippen molar-refractivity contribution in [2.75, 3.05) is 0 Å². The van der Waals surface area contributed by atoms with Crippen LogP contribution < -0.4 is 5.63 Å². The van der Waals surface area contributed by atoms with Crippen molar-refractivity contribution in [3.63, 3.8) is 0 Å². The van der Waals surface area contributed by atoms with E-state index >= 15 is 0 Å². The summed E-state index contributed by atoms with van der Waals surface area (Å²) in [6, 6.07) is 5.17. The van der Waals surface area contributed by atoms with Gasteiger partial charge >= 0.3 is 5.63 Å². The van der Waals surface area contributed by atoms with Crippen LogP contribution >= 0.6 is 0 Å². The van der Waals surface area contributed by atoms with Gasteiger partial charge in [-0.3, -0.25) is 0 Å². The van der Waals surface area contributed by atoms with Crippen molar-refractivity contribution in [1.82, 2.24) is 0 Å². The van der Waals surface area contributed by atoms with Crippen LogP contribution in [0.1, 0.15) is 23.5 Å². The SMILES string of the molecule is Cc1cc(O)c(CCCc2ccco2)c(=O)o1. The second-order valence-electron chi connectivity index (χ2n) is 3.94. The minimum Gasteiger partial charge on any atom is -0.507 e. The van der Waals surface area contributed by atoms with E-state index in [0.29, 0.717) is 17.7 Å². The van der Waals surface area contributed by atoms with E-state index in [0.717, 1.165) is 18.6 Å². The van der Waals surface area contributed by atoms with Crippen molar-refractivity contribution in [1.29, 1.82) is 0 Å². The number of hydrogen-bond acceptors (Lipinski definition) is 4. The molecular formula is C13H14O4. The Kier molecular flexibility index (Phi) is 3.32. The highest BCUT2D eigenvalue weighted by Crippen LogP contribution is 2.17. The van der Waals surface area contributed by atoms with Crippen LogP contribution in [0.5, 0.6) is 5.75 Å². The first kappa shape index (κ1) is 11.5. The van der Waals surface area contributed by atoms with Crippen molar-refractivity contribution >= 4 is 0 Å². The predicted octanol–water partition coefficient (Wildman–Crippen LogP) is 2.42. The molecule has 2 aromatic rings. The molecule has 0 bridgehead atoms. The minimum absolute atomic E-state index is 0.0122. The van der Waals surface area contributed by atoms with Gasteiger partial charge in [0.05, 0.1) is 11.8 Å². The lowest BCUT2D eigenvalue weighted by molar-refractivity contribution is 0.419. The first-order valence-corrected chi connectivity index (χ1v) is 5.52. The van der Waals surface area contributed by atoms with Gasteiger partial charge in [-0.2, -0.15) is 0 Å². The van der Waals surface area contributed by atoms with E-state index in [-0.39, 0.29) is 5.75 Å². The zero-order valence-electron chi connectivity index (χ0n) is 9.60. The maximum Gasteiger partial charge on any atom is 0.342 e. The summed E-state index contributed by atoms with van der Waals surface area (Å²) in [6.45, 7) is 1.63. The Bertz CT molecular complexity index is 537. The van der Waals surface area contributed by atoms with E-state index in [9.17, 15) is 9.90 Å². The van der Waals surface area contributed by atoms with Gasteiger partial charge in [0, 0.05) is 12.5 Å². The molecule has 1 N–H and O–H groups in total. The quantitative estimate of drug-likeness (QED) is 0.882. The van der Waals surface area contributed by atoms with Crippen LogP contribution in [0, 0.1) is 6.92 Å². The lowest BCUT2D eigenvalue weighted by Crippen LogP contribution is -2.08. The predicted molar refractivity (Wildman–Crippen MR) is 62.1 cm³/mol. The molecule has 2 heterocycles. The van der Waals surface area contributed by atoms with Crippen LogP contribution in [-0.2, 0) is 12.8 Å². The zero-order valence-corrected chi connectivity index (χ0v) is 9.60. The normalized spacial score (nSPS) is 10.6. The Labute approximate surface area is 98.5 Å². The van der Waals surface area contributed by atoms with Gasteiger partial charge in [0.1, 0.15) is 17.3 Å². The maximum absolute atomic E-state index is 11.5. The molecule has 4 nitrogen and oxygen atoms in total. The fraction of sp³-hybridized carbons (Fsp3) is 0.308. The van der Waals surface area contributed by atoms with Crippen LogP contribution in [0.25, 0.3) is 0 Å². The zero-order chi connectivity index (χ0) is 12.3. The highest BCUT2D eigenvalue weighted by Gasteiger charge is 2.09. The Morgan fingerprint density at radius 1 is 1.35 bits per heavy atom. The van der Waals surface area contributed by atoms with Crippen LogP contribution in [0.15, 0.2) is 38.1 Å². The summed E-state index contributed by atoms with van der Waals surface area (Å²) in [5.41, 5.74) is -0.121. The molecule has 2 rings (SSSR count). The molecule has 0 unspecified atom stereocenters. The second kappa shape index (κ2) is 4.91. The van der Waals surface area contributed by atoms with Gasteiger partial charge in [0.15, 0.2) is 0 Å². The molecule has 17 heavy (non-hydrogen) atoms. The van der Waals surface area contributed by atoms with Crippen molar-refractivity contribution in [3.05, 3.63) is 52.0 Å². The number of aryl methyl sites for hydroxylation is 2. The summed E-state index contributed by atoms with van der Waals surface area (Å²) in [5.74, 6) is 1.31. The molecule has 0 saturated carbocycles. The Balaban J connectivity index is 2.02. The van der Waals surface area contributed by atoms with Crippen LogP contribution in [-0.4, -0.2) is 5.11 Å². The van der Waals surface area contributed by atoms with Gasteiger partial charge in [-0.05, 0) is 31.9 Å². The lowest BCUT2D eigenvalue weighted by Gasteiger charge is -2.02. The molecule has 0 spiro atoms. The Morgan fingerprint density at radius 3 is 2.82 bits per heavy atom. The van der Waals surface area contributed by atoms with E-state index in [1.54, 1.807) is 13.2 Å². The first-order chi connectivity index (χ1) is 8.16. The third-order valence-electron chi connectivity index (χ3n) is 2.58. The molecule has 90 valence electrons. The summed E-state index contributed by atoms with van der Waals surface area (Å²) in [7, 11) is 0. The molecule has 0 aliphatic rings. The van der Waals surface area contributed by atoms with E-state index in [1.165, 1.54) is 6.07 Å². The average molecular weight is 234 g/mol. The highest BCUT2D eigenvalue weighted by atomic mass is 16.4. The van der Waals surface area contributed by atoms with Gasteiger partial charge in [-0.15, -0.1) is 0 Å². The topological polar surface area (TPSA) is 63.6 Å². The number of aromatic hydroxyl groups is 1. The molecule has 4 heteroatoms. The Morgan fingerprint density at radius 2 is 2.18 bits per heavy atom. The lowest BCUT2D eigenvalue weighted by atomic mass is 10.1. The largest absolute Gasteiger partial charge is 0.507 e. The maximum atomic E-state index is 11.5. The molecule has 0 atom stereocenters. The standard InChI is InChI=1S/C13H14O4/c1-9-8-12(14)11(13(15)17-9)6-2-4-10-5-3-7-16-10/h3,5,7-8,14H,2,4,6H2,1H3. The second-order valence-corrected chi connectivity index (χ2v) is 3.94. The summed E-state index contributed by atoms with van der Waals surface area (Å²) < 4.78 is 10.1. The van der Waals surface area contributed by atoms with E-state index < -0.39 is 5.63 Å². The summed E-state index contributed by atoms with van der Waals surface area (Å²) in [4.78, 5) is 11.5. The monoisotopic (exact) mass is 234 g/mol. The summed E-state index contributed by atoms with van der Waals surface area (Å²) in [6.07, 6.45) is 3.57. The van der Waals surface area contributed by atoms with E-state index in [1.807, 2.05) is 12.1 Å². The summed E-state index contributed by atoms with van der Waals surface area (Å²) >= 11 is 0. The molecule has 0 fully saturated rings. The van der Waals surface area contributed by atoms with Gasteiger partial charge in [0.25, 0.3) is 0 Å². The van der Waals surface area contributed by atoms with Gasteiger partial charge in [-0.25, -0.2) is 4.79 Å². The van der Waals surface area contributed by atoms with Crippen LogP contribution in [0.2, 0.25) is 0 Å². The van der Waals surface area contributed by atoms with Gasteiger partial charge in [0.2, 0.25) is 0 Å². The molecule has 0 aliphatic heterocycles. The third-order valence-corrected chi connectivity index (χ3v) is 2.58. The first-order valence-electron chi connectivity index (χ1n) is 5.52. The van der Waals surface area contributed by atoms with Gasteiger partial charge in [-0.1, -0.05) is 0 Å². The van der Waals surface area contributed by atoms with Crippen molar-refractivity contribution in [2.45, 2.75) is 26.2 Å². The van der Waals surface area contributed by atoms with Crippen molar-refractivity contribution in [3.8, 4) is 5.75 Å². The third kappa shape index (κ3) is 2.78. The molecule has 0 aliphatic carbocycles. The molecule has 2 aromatic heterocycles. The number of hydrogen-bond donors (Lipinski definition) is 1. The minimum atomic E-state index is -0.457. The van der Waals surface area contributed by atoms with E-state index in [2.05, 4.69) is 0 Å². The van der Waals surface area contributed by atoms with Crippen molar-refractivity contribution in [2.24, 2.45) is 0 Å². The smallest absolute Gasteiger partial charge is 0.342 e. The number of furan rings is 1. The van der Waals surface area contributed by atoms with Gasteiger partial charge < -0.3 is 13.9 Å². The molecule has 0 saturated heterocycles.